The van der Waals surface area contributed by atoms with Crippen molar-refractivity contribution >= 4 is 21.6 Å². The minimum atomic E-state index is -3.27. The van der Waals surface area contributed by atoms with Gasteiger partial charge in [-0.15, -0.1) is 0 Å². The van der Waals surface area contributed by atoms with E-state index in [0.717, 1.165) is 6.26 Å². The predicted molar refractivity (Wildman–Crippen MR) is 79.8 cm³/mol. The summed E-state index contributed by atoms with van der Waals surface area (Å²) in [6.45, 7) is 0.926. The fourth-order valence-corrected chi connectivity index (χ4v) is 2.43. The van der Waals surface area contributed by atoms with Crippen molar-refractivity contribution in [1.82, 2.24) is 14.5 Å². The Kier molecular flexibility index (Phi) is 4.45. The lowest BCUT2D eigenvalue weighted by Crippen LogP contribution is -2.24. The Balaban J connectivity index is 2.05. The number of hydrogen-bond acceptors (Lipinski definition) is 6. The number of imidazole rings is 1. The van der Waals surface area contributed by atoms with Gasteiger partial charge in [0, 0.05) is 32.6 Å². The number of carboxylic acid groups (broad SMARTS) is 1. The van der Waals surface area contributed by atoms with Gasteiger partial charge < -0.3 is 14.6 Å². The minimum Gasteiger partial charge on any atom is -0.477 e. The maximum atomic E-state index is 11.4. The van der Waals surface area contributed by atoms with Gasteiger partial charge in [0.05, 0.1) is 17.4 Å². The summed E-state index contributed by atoms with van der Waals surface area (Å²) in [5.74, 6) is -0.430. The van der Waals surface area contributed by atoms with Crippen molar-refractivity contribution < 1.29 is 18.3 Å². The highest BCUT2D eigenvalue weighted by atomic mass is 32.2. The first-order valence-electron chi connectivity index (χ1n) is 6.39. The second-order valence-electron chi connectivity index (χ2n) is 4.82. The van der Waals surface area contributed by atoms with Crippen molar-refractivity contribution in [2.75, 3.05) is 24.7 Å². The number of sulfone groups is 1. The second-order valence-corrected chi connectivity index (χ2v) is 6.84. The molecule has 0 unspecified atom stereocenters. The standard InChI is InChI=1S/C13H16N4O4S/c1-16(5-6-17-9-14-8-11(17)13(18)19)12-4-3-10(7-15-12)22(2,20)21/h3-4,7-9H,5-6H2,1-2H3,(H,18,19). The summed E-state index contributed by atoms with van der Waals surface area (Å²) >= 11 is 0. The van der Waals surface area contributed by atoms with E-state index < -0.39 is 15.8 Å². The summed E-state index contributed by atoms with van der Waals surface area (Å²) in [5.41, 5.74) is 0.119. The SMILES string of the molecule is CN(CCn1cncc1C(=O)O)c1ccc(S(C)(=O)=O)cn1. The van der Waals surface area contributed by atoms with Crippen LogP contribution in [0.25, 0.3) is 0 Å². The molecule has 0 aliphatic carbocycles. The summed E-state index contributed by atoms with van der Waals surface area (Å²) in [5, 5.41) is 9.00. The Hall–Kier alpha value is -2.42. The van der Waals surface area contributed by atoms with Crippen molar-refractivity contribution in [2.45, 2.75) is 11.4 Å². The lowest BCUT2D eigenvalue weighted by atomic mass is 10.4. The molecule has 0 atom stereocenters. The number of aromatic carboxylic acids is 1. The number of pyridine rings is 1. The number of rotatable bonds is 6. The molecule has 0 saturated carbocycles. The van der Waals surface area contributed by atoms with Gasteiger partial charge in [-0.25, -0.2) is 23.2 Å². The normalized spacial score (nSPS) is 11.4. The third-order valence-corrected chi connectivity index (χ3v) is 4.25. The summed E-state index contributed by atoms with van der Waals surface area (Å²) < 4.78 is 24.3. The molecule has 0 aliphatic rings. The molecule has 9 heteroatoms. The van der Waals surface area contributed by atoms with E-state index >= 15 is 0 Å². The van der Waals surface area contributed by atoms with Crippen LogP contribution in [0.3, 0.4) is 0 Å². The Bertz CT molecular complexity index is 768. The largest absolute Gasteiger partial charge is 0.477 e. The maximum Gasteiger partial charge on any atom is 0.354 e. The van der Waals surface area contributed by atoms with E-state index in [0.29, 0.717) is 18.9 Å². The average molecular weight is 324 g/mol. The Morgan fingerprint density at radius 3 is 2.64 bits per heavy atom. The average Bonchev–Trinajstić information content (AvgIpc) is 2.92. The number of nitrogens with zero attached hydrogens (tertiary/aromatic N) is 4. The van der Waals surface area contributed by atoms with E-state index in [2.05, 4.69) is 9.97 Å². The first kappa shape index (κ1) is 16.0. The van der Waals surface area contributed by atoms with Crippen molar-refractivity contribution in [3.05, 3.63) is 36.5 Å². The van der Waals surface area contributed by atoms with E-state index in [4.69, 9.17) is 5.11 Å². The van der Waals surface area contributed by atoms with Crippen LogP contribution in [0.4, 0.5) is 5.82 Å². The second kappa shape index (κ2) is 6.14. The number of anilines is 1. The quantitative estimate of drug-likeness (QED) is 0.825. The number of likely N-dealkylation sites (N-methyl/N-ethyl adjacent to an activating group) is 1. The van der Waals surface area contributed by atoms with Crippen LogP contribution in [0, 0.1) is 0 Å². The maximum absolute atomic E-state index is 11.4. The Morgan fingerprint density at radius 2 is 2.09 bits per heavy atom. The van der Waals surface area contributed by atoms with E-state index in [1.807, 2.05) is 0 Å². The van der Waals surface area contributed by atoms with Crippen LogP contribution in [0.1, 0.15) is 10.5 Å². The van der Waals surface area contributed by atoms with Crippen LogP contribution in [-0.4, -0.2) is 53.9 Å². The van der Waals surface area contributed by atoms with Crippen LogP contribution in [-0.2, 0) is 16.4 Å². The summed E-state index contributed by atoms with van der Waals surface area (Å²) in [6.07, 6.45) is 5.18. The molecule has 0 bridgehead atoms. The molecule has 0 spiro atoms. The van der Waals surface area contributed by atoms with Crippen LogP contribution in [0.5, 0.6) is 0 Å². The van der Waals surface area contributed by atoms with Gasteiger partial charge in [-0.3, -0.25) is 0 Å². The lowest BCUT2D eigenvalue weighted by molar-refractivity contribution is 0.0685. The lowest BCUT2D eigenvalue weighted by Gasteiger charge is -2.18. The molecule has 0 aliphatic heterocycles. The Morgan fingerprint density at radius 1 is 1.36 bits per heavy atom. The van der Waals surface area contributed by atoms with Crippen molar-refractivity contribution in [3.63, 3.8) is 0 Å². The third kappa shape index (κ3) is 3.61. The van der Waals surface area contributed by atoms with Gasteiger partial charge in [0.25, 0.3) is 0 Å². The highest BCUT2D eigenvalue weighted by Gasteiger charge is 2.12. The fraction of sp³-hybridized carbons (Fsp3) is 0.308. The number of carboxylic acids is 1. The monoisotopic (exact) mass is 324 g/mol. The molecule has 0 fully saturated rings. The highest BCUT2D eigenvalue weighted by molar-refractivity contribution is 7.90. The third-order valence-electron chi connectivity index (χ3n) is 3.15. The molecule has 0 aromatic carbocycles. The van der Waals surface area contributed by atoms with Crippen LogP contribution >= 0.6 is 0 Å². The van der Waals surface area contributed by atoms with Crippen LogP contribution in [0.2, 0.25) is 0 Å². The molecule has 22 heavy (non-hydrogen) atoms. The summed E-state index contributed by atoms with van der Waals surface area (Å²) in [4.78, 5) is 20.9. The van der Waals surface area contributed by atoms with E-state index in [1.165, 1.54) is 29.4 Å². The van der Waals surface area contributed by atoms with Gasteiger partial charge in [0.2, 0.25) is 0 Å². The molecular formula is C13H16N4O4S. The molecule has 1 N–H and O–H groups in total. The molecule has 2 aromatic rings. The van der Waals surface area contributed by atoms with Crippen LogP contribution in [0.15, 0.2) is 35.7 Å². The topological polar surface area (TPSA) is 105 Å². The van der Waals surface area contributed by atoms with Crippen molar-refractivity contribution in [3.8, 4) is 0 Å². The van der Waals surface area contributed by atoms with E-state index in [1.54, 1.807) is 18.0 Å². The molecule has 118 valence electrons. The van der Waals surface area contributed by atoms with Gasteiger partial charge in [0.1, 0.15) is 11.5 Å². The fourth-order valence-electron chi connectivity index (χ4n) is 1.87. The molecular weight excluding hydrogens is 308 g/mol. The first-order chi connectivity index (χ1) is 10.3. The predicted octanol–water partition coefficient (Wildman–Crippen LogP) is 0.516. The molecule has 0 amide bonds. The molecule has 2 heterocycles. The number of carbonyl (C=O) groups is 1. The van der Waals surface area contributed by atoms with Gasteiger partial charge in [-0.05, 0) is 12.1 Å². The molecule has 8 nitrogen and oxygen atoms in total. The van der Waals surface area contributed by atoms with Gasteiger partial charge in [0.15, 0.2) is 9.84 Å². The van der Waals surface area contributed by atoms with Crippen molar-refractivity contribution in [1.29, 1.82) is 0 Å². The molecule has 2 aromatic heterocycles. The zero-order valence-corrected chi connectivity index (χ0v) is 13.0. The van der Waals surface area contributed by atoms with E-state index in [9.17, 15) is 13.2 Å². The van der Waals surface area contributed by atoms with E-state index in [-0.39, 0.29) is 10.6 Å². The Labute approximate surface area is 128 Å². The number of aromatic nitrogens is 3. The summed E-state index contributed by atoms with van der Waals surface area (Å²) in [6, 6.07) is 3.11. The molecule has 0 radical (unpaired) electrons. The summed E-state index contributed by atoms with van der Waals surface area (Å²) in [7, 11) is -1.48. The zero-order valence-electron chi connectivity index (χ0n) is 12.2. The van der Waals surface area contributed by atoms with Gasteiger partial charge in [-0.1, -0.05) is 0 Å². The van der Waals surface area contributed by atoms with Gasteiger partial charge in [-0.2, -0.15) is 0 Å². The van der Waals surface area contributed by atoms with Gasteiger partial charge >= 0.3 is 5.97 Å². The zero-order chi connectivity index (χ0) is 16.3. The smallest absolute Gasteiger partial charge is 0.354 e. The minimum absolute atomic E-state index is 0.119. The highest BCUT2D eigenvalue weighted by Crippen LogP contribution is 2.13. The van der Waals surface area contributed by atoms with Crippen molar-refractivity contribution in [2.24, 2.45) is 0 Å². The molecule has 2 rings (SSSR count). The first-order valence-corrected chi connectivity index (χ1v) is 8.29. The number of hydrogen-bond donors (Lipinski definition) is 1. The molecule has 0 saturated heterocycles. The van der Waals surface area contributed by atoms with Crippen LogP contribution < -0.4 is 4.90 Å².